The number of para-hydroxylation sites is 1. The minimum Gasteiger partial charge on any atom is -0.493 e. The highest BCUT2D eigenvalue weighted by atomic mass is 19.1. The van der Waals surface area contributed by atoms with E-state index in [1.54, 1.807) is 0 Å². The Morgan fingerprint density at radius 1 is 0.842 bits per heavy atom. The summed E-state index contributed by atoms with van der Waals surface area (Å²) >= 11 is 0. The first-order chi connectivity index (χ1) is 9.25. The van der Waals surface area contributed by atoms with Crippen molar-refractivity contribution in [2.75, 3.05) is 13.2 Å². The van der Waals surface area contributed by atoms with Crippen molar-refractivity contribution in [3.05, 3.63) is 60.2 Å². The summed E-state index contributed by atoms with van der Waals surface area (Å²) < 4.78 is 36.6. The number of rotatable bonds is 6. The summed E-state index contributed by atoms with van der Waals surface area (Å²) in [6, 6.07) is 12.7. The highest BCUT2D eigenvalue weighted by molar-refractivity contribution is 5.24. The van der Waals surface area contributed by atoms with Crippen LogP contribution in [0.15, 0.2) is 48.5 Å². The summed E-state index contributed by atoms with van der Waals surface area (Å²) in [5, 5.41) is 0. The Labute approximate surface area is 110 Å². The van der Waals surface area contributed by atoms with Crippen molar-refractivity contribution in [3.63, 3.8) is 0 Å². The predicted molar refractivity (Wildman–Crippen MR) is 68.4 cm³/mol. The fraction of sp³-hybridized carbons (Fsp3) is 0.200. The molecule has 0 heterocycles. The molecule has 0 N–H and O–H groups in total. The molecule has 0 aliphatic carbocycles. The van der Waals surface area contributed by atoms with E-state index < -0.39 is 11.6 Å². The molecule has 0 saturated carbocycles. The summed E-state index contributed by atoms with van der Waals surface area (Å²) in [4.78, 5) is 0. The van der Waals surface area contributed by atoms with Crippen molar-refractivity contribution in [2.24, 2.45) is 0 Å². The number of hydrogen-bond donors (Lipinski definition) is 0. The molecule has 0 amide bonds. The van der Waals surface area contributed by atoms with Gasteiger partial charge in [-0.1, -0.05) is 18.2 Å². The van der Waals surface area contributed by atoms with Crippen molar-refractivity contribution in [1.82, 2.24) is 0 Å². The normalized spacial score (nSPS) is 10.2. The fourth-order valence-corrected chi connectivity index (χ4v) is 1.54. The van der Waals surface area contributed by atoms with Gasteiger partial charge in [0.05, 0.1) is 13.2 Å². The molecule has 0 atom stereocenters. The second kappa shape index (κ2) is 6.73. The lowest BCUT2D eigenvalue weighted by Gasteiger charge is -2.08. The van der Waals surface area contributed by atoms with Crippen LogP contribution in [0.1, 0.15) is 6.42 Å². The zero-order valence-electron chi connectivity index (χ0n) is 10.3. The molecule has 0 aliphatic rings. The maximum absolute atomic E-state index is 13.2. The zero-order valence-corrected chi connectivity index (χ0v) is 10.3. The summed E-state index contributed by atoms with van der Waals surface area (Å²) in [6.45, 7) is 0.794. The molecule has 2 aromatic carbocycles. The first-order valence-corrected chi connectivity index (χ1v) is 6.01. The maximum atomic E-state index is 13.2. The molecule has 19 heavy (non-hydrogen) atoms. The molecule has 4 heteroatoms. The van der Waals surface area contributed by atoms with E-state index in [4.69, 9.17) is 9.47 Å². The molecule has 0 radical (unpaired) electrons. The van der Waals surface area contributed by atoms with Crippen LogP contribution >= 0.6 is 0 Å². The van der Waals surface area contributed by atoms with Gasteiger partial charge in [0, 0.05) is 12.5 Å². The van der Waals surface area contributed by atoms with Gasteiger partial charge < -0.3 is 9.47 Å². The monoisotopic (exact) mass is 264 g/mol. The minimum atomic E-state index is -0.691. The molecule has 0 saturated heterocycles. The Hall–Kier alpha value is -2.10. The average Bonchev–Trinajstić information content (AvgIpc) is 2.42. The van der Waals surface area contributed by atoms with E-state index in [9.17, 15) is 8.78 Å². The van der Waals surface area contributed by atoms with E-state index in [0.717, 1.165) is 11.8 Å². The standard InChI is InChI=1S/C15H14F2O2/c16-12-7-8-15(14(17)11-12)19-10-4-9-18-13-5-2-1-3-6-13/h1-3,5-8,11H,4,9-10H2. The highest BCUT2D eigenvalue weighted by Crippen LogP contribution is 2.17. The Balaban J connectivity index is 1.69. The lowest BCUT2D eigenvalue weighted by molar-refractivity contribution is 0.241. The zero-order chi connectivity index (χ0) is 13.5. The smallest absolute Gasteiger partial charge is 0.167 e. The Morgan fingerprint density at radius 3 is 2.32 bits per heavy atom. The second-order valence-corrected chi connectivity index (χ2v) is 3.94. The minimum absolute atomic E-state index is 0.0566. The maximum Gasteiger partial charge on any atom is 0.167 e. The lowest BCUT2D eigenvalue weighted by atomic mass is 10.3. The van der Waals surface area contributed by atoms with E-state index >= 15 is 0 Å². The van der Waals surface area contributed by atoms with Gasteiger partial charge in [0.1, 0.15) is 11.6 Å². The van der Waals surface area contributed by atoms with Crippen molar-refractivity contribution in [2.45, 2.75) is 6.42 Å². The van der Waals surface area contributed by atoms with Gasteiger partial charge >= 0.3 is 0 Å². The van der Waals surface area contributed by atoms with Gasteiger partial charge in [-0.15, -0.1) is 0 Å². The van der Waals surface area contributed by atoms with E-state index in [1.165, 1.54) is 12.1 Å². The van der Waals surface area contributed by atoms with Gasteiger partial charge in [-0.2, -0.15) is 0 Å². The van der Waals surface area contributed by atoms with Crippen molar-refractivity contribution >= 4 is 0 Å². The van der Waals surface area contributed by atoms with Gasteiger partial charge in [0.2, 0.25) is 0 Å². The number of hydrogen-bond acceptors (Lipinski definition) is 2. The van der Waals surface area contributed by atoms with Crippen LogP contribution in [-0.2, 0) is 0 Å². The van der Waals surface area contributed by atoms with Crippen LogP contribution in [0.25, 0.3) is 0 Å². The van der Waals surface area contributed by atoms with Crippen LogP contribution in [0, 0.1) is 11.6 Å². The Morgan fingerprint density at radius 2 is 1.58 bits per heavy atom. The van der Waals surface area contributed by atoms with Crippen LogP contribution in [0.2, 0.25) is 0 Å². The molecule has 0 unspecified atom stereocenters. The third-order valence-electron chi connectivity index (χ3n) is 2.45. The predicted octanol–water partition coefficient (Wildman–Crippen LogP) is 3.81. The van der Waals surface area contributed by atoms with E-state index in [2.05, 4.69) is 0 Å². The topological polar surface area (TPSA) is 18.5 Å². The summed E-state index contributed by atoms with van der Waals surface area (Å²) in [6.07, 6.45) is 0.617. The summed E-state index contributed by atoms with van der Waals surface area (Å²) in [7, 11) is 0. The molecule has 2 aromatic rings. The molecule has 0 spiro atoms. The largest absolute Gasteiger partial charge is 0.493 e. The van der Waals surface area contributed by atoms with E-state index in [0.29, 0.717) is 19.6 Å². The van der Waals surface area contributed by atoms with Gasteiger partial charge in [-0.05, 0) is 24.3 Å². The van der Waals surface area contributed by atoms with Gasteiger partial charge in [0.15, 0.2) is 11.6 Å². The summed E-state index contributed by atoms with van der Waals surface area (Å²) in [5.74, 6) is -0.460. The quantitative estimate of drug-likeness (QED) is 0.738. The Kier molecular flexibility index (Phi) is 4.72. The van der Waals surface area contributed by atoms with Crippen molar-refractivity contribution in [3.8, 4) is 11.5 Å². The highest BCUT2D eigenvalue weighted by Gasteiger charge is 2.04. The van der Waals surface area contributed by atoms with Crippen molar-refractivity contribution in [1.29, 1.82) is 0 Å². The van der Waals surface area contributed by atoms with E-state index in [-0.39, 0.29) is 5.75 Å². The molecular weight excluding hydrogens is 250 g/mol. The summed E-state index contributed by atoms with van der Waals surface area (Å²) in [5.41, 5.74) is 0. The average molecular weight is 264 g/mol. The molecule has 100 valence electrons. The van der Waals surface area contributed by atoms with Gasteiger partial charge in [-0.3, -0.25) is 0 Å². The first kappa shape index (κ1) is 13.3. The van der Waals surface area contributed by atoms with Crippen LogP contribution in [0.4, 0.5) is 8.78 Å². The second-order valence-electron chi connectivity index (χ2n) is 3.94. The third kappa shape index (κ3) is 4.25. The number of ether oxygens (including phenoxy) is 2. The molecule has 0 bridgehead atoms. The number of benzene rings is 2. The Bertz CT molecular complexity index is 515. The van der Waals surface area contributed by atoms with Crippen LogP contribution in [-0.4, -0.2) is 13.2 Å². The van der Waals surface area contributed by atoms with Gasteiger partial charge in [0.25, 0.3) is 0 Å². The molecular formula is C15H14F2O2. The molecule has 2 rings (SSSR count). The van der Waals surface area contributed by atoms with E-state index in [1.807, 2.05) is 30.3 Å². The molecule has 0 aromatic heterocycles. The SMILES string of the molecule is Fc1ccc(OCCCOc2ccccc2)c(F)c1. The molecule has 2 nitrogen and oxygen atoms in total. The first-order valence-electron chi connectivity index (χ1n) is 6.01. The lowest BCUT2D eigenvalue weighted by Crippen LogP contribution is -2.05. The van der Waals surface area contributed by atoms with Crippen LogP contribution in [0.5, 0.6) is 11.5 Å². The third-order valence-corrected chi connectivity index (χ3v) is 2.45. The van der Waals surface area contributed by atoms with Crippen molar-refractivity contribution < 1.29 is 18.3 Å². The molecule has 0 fully saturated rings. The van der Waals surface area contributed by atoms with Crippen LogP contribution < -0.4 is 9.47 Å². The molecule has 0 aliphatic heterocycles. The van der Waals surface area contributed by atoms with Crippen LogP contribution in [0.3, 0.4) is 0 Å². The number of halogens is 2. The fourth-order valence-electron chi connectivity index (χ4n) is 1.54. The van der Waals surface area contributed by atoms with Gasteiger partial charge in [-0.25, -0.2) is 8.78 Å².